The molecule has 0 aliphatic heterocycles. The molecule has 4 aromatic rings. The molecule has 35 heavy (non-hydrogen) atoms. The van der Waals surface area contributed by atoms with Crippen molar-refractivity contribution in [2.75, 3.05) is 18.1 Å². The monoisotopic (exact) mass is 484 g/mol. The van der Waals surface area contributed by atoms with Gasteiger partial charge in [-0.1, -0.05) is 42.1 Å². The number of fused-ring (bicyclic) bond motifs is 1. The van der Waals surface area contributed by atoms with Crippen molar-refractivity contribution in [3.63, 3.8) is 0 Å². The molecule has 0 unspecified atom stereocenters. The number of rotatable bonds is 8. The van der Waals surface area contributed by atoms with E-state index in [2.05, 4.69) is 6.07 Å². The molecular weight excluding hydrogens is 460 g/mol. The number of aryl methyl sites for hydroxylation is 1. The third kappa shape index (κ3) is 5.53. The quantitative estimate of drug-likeness (QED) is 0.260. The number of hydrogen-bond acceptors (Lipinski definition) is 6. The van der Waals surface area contributed by atoms with Gasteiger partial charge in [-0.05, 0) is 55.0 Å². The van der Waals surface area contributed by atoms with E-state index in [9.17, 15) is 9.59 Å². The Bertz CT molecular complexity index is 1390. The number of benzene rings is 3. The summed E-state index contributed by atoms with van der Waals surface area (Å²) in [7, 11) is 1.95. The van der Waals surface area contributed by atoms with Crippen LogP contribution < -0.4 is 4.90 Å². The first-order valence-electron chi connectivity index (χ1n) is 11.1. The topological polar surface area (TPSA) is 88.2 Å². The number of thioether (sulfide) groups is 1. The van der Waals surface area contributed by atoms with Gasteiger partial charge in [0.15, 0.2) is 5.16 Å². The minimum atomic E-state index is -0.475. The normalized spacial score (nSPS) is 10.7. The number of nitrogens with zero attached hydrogens (tertiary/aromatic N) is 4. The van der Waals surface area contributed by atoms with Gasteiger partial charge in [0.2, 0.25) is 0 Å². The van der Waals surface area contributed by atoms with Crippen molar-refractivity contribution in [3.8, 4) is 6.07 Å². The number of nitriles is 1. The van der Waals surface area contributed by atoms with Crippen LogP contribution in [0.15, 0.2) is 78.0 Å². The number of carbonyl (C=O) groups excluding carboxylic acids is 2. The van der Waals surface area contributed by atoms with Crippen molar-refractivity contribution in [1.82, 2.24) is 9.55 Å². The van der Waals surface area contributed by atoms with Gasteiger partial charge in [0.1, 0.15) is 6.54 Å². The van der Waals surface area contributed by atoms with Crippen LogP contribution in [-0.4, -0.2) is 34.6 Å². The van der Waals surface area contributed by atoms with E-state index in [0.717, 1.165) is 21.8 Å². The number of aromatic nitrogens is 2. The summed E-state index contributed by atoms with van der Waals surface area (Å²) < 4.78 is 7.11. The summed E-state index contributed by atoms with van der Waals surface area (Å²) in [6.45, 7) is 1.78. The maximum atomic E-state index is 13.3. The van der Waals surface area contributed by atoms with Crippen LogP contribution in [0.1, 0.15) is 28.4 Å². The Hall–Kier alpha value is -4.09. The fourth-order valence-corrected chi connectivity index (χ4v) is 4.58. The zero-order chi connectivity index (χ0) is 24.8. The molecule has 1 aromatic heterocycles. The lowest BCUT2D eigenvalue weighted by Crippen LogP contribution is -2.36. The molecule has 176 valence electrons. The molecule has 0 fully saturated rings. The van der Waals surface area contributed by atoms with E-state index in [1.54, 1.807) is 55.1 Å². The van der Waals surface area contributed by atoms with Gasteiger partial charge >= 0.3 is 5.97 Å². The summed E-state index contributed by atoms with van der Waals surface area (Å²) >= 11 is 1.59. The van der Waals surface area contributed by atoms with Crippen LogP contribution >= 0.6 is 11.8 Å². The van der Waals surface area contributed by atoms with Crippen molar-refractivity contribution in [1.29, 1.82) is 5.26 Å². The molecule has 0 N–H and O–H groups in total. The highest BCUT2D eigenvalue weighted by Gasteiger charge is 2.22. The van der Waals surface area contributed by atoms with Crippen LogP contribution in [0.3, 0.4) is 0 Å². The van der Waals surface area contributed by atoms with Crippen LogP contribution in [-0.2, 0) is 22.3 Å². The van der Waals surface area contributed by atoms with E-state index >= 15 is 0 Å². The zero-order valence-electron chi connectivity index (χ0n) is 19.5. The number of anilines is 1. The van der Waals surface area contributed by atoms with Crippen LogP contribution in [0, 0.1) is 11.3 Å². The highest BCUT2D eigenvalue weighted by molar-refractivity contribution is 7.98. The van der Waals surface area contributed by atoms with Crippen LogP contribution in [0.2, 0.25) is 0 Å². The van der Waals surface area contributed by atoms with E-state index in [4.69, 9.17) is 15.0 Å². The van der Waals surface area contributed by atoms with Gasteiger partial charge in [-0.2, -0.15) is 5.26 Å². The number of carbonyl (C=O) groups is 2. The van der Waals surface area contributed by atoms with E-state index < -0.39 is 5.97 Å². The van der Waals surface area contributed by atoms with Gasteiger partial charge in [0.05, 0.1) is 29.3 Å². The van der Waals surface area contributed by atoms with Crippen LogP contribution in [0.5, 0.6) is 0 Å². The fraction of sp³-hybridized carbons (Fsp3) is 0.185. The SMILES string of the molecule is CCOC(=O)CN(C(=O)c1ccccc1)c1ccc2c(c1)nc(SCc1ccc(C#N)cc1)n2C. The molecule has 0 atom stereocenters. The first-order chi connectivity index (χ1) is 17.0. The molecule has 8 heteroatoms. The van der Waals surface area contributed by atoms with Crippen LogP contribution in [0.25, 0.3) is 11.0 Å². The summed E-state index contributed by atoms with van der Waals surface area (Å²) in [5.74, 6) is -0.0575. The lowest BCUT2D eigenvalue weighted by atomic mass is 10.1. The van der Waals surface area contributed by atoms with Crippen molar-refractivity contribution in [2.24, 2.45) is 7.05 Å². The second-order valence-electron chi connectivity index (χ2n) is 7.79. The van der Waals surface area contributed by atoms with Gasteiger partial charge in [-0.3, -0.25) is 14.5 Å². The Balaban J connectivity index is 1.61. The Morgan fingerprint density at radius 1 is 1.09 bits per heavy atom. The molecule has 3 aromatic carbocycles. The lowest BCUT2D eigenvalue weighted by Gasteiger charge is -2.22. The highest BCUT2D eigenvalue weighted by atomic mass is 32.2. The second-order valence-corrected chi connectivity index (χ2v) is 8.73. The molecule has 0 spiro atoms. The van der Waals surface area contributed by atoms with Crippen molar-refractivity contribution in [3.05, 3.63) is 89.5 Å². The highest BCUT2D eigenvalue weighted by Crippen LogP contribution is 2.29. The predicted molar refractivity (Wildman–Crippen MR) is 136 cm³/mol. The van der Waals surface area contributed by atoms with Crippen molar-refractivity contribution < 1.29 is 14.3 Å². The Labute approximate surface area is 207 Å². The van der Waals surface area contributed by atoms with Gasteiger partial charge in [-0.25, -0.2) is 4.98 Å². The molecule has 0 saturated heterocycles. The predicted octanol–water partition coefficient (Wildman–Crippen LogP) is 4.95. The smallest absolute Gasteiger partial charge is 0.326 e. The molecule has 0 bridgehead atoms. The Kier molecular flexibility index (Phi) is 7.48. The van der Waals surface area contributed by atoms with Crippen molar-refractivity contribution in [2.45, 2.75) is 17.8 Å². The maximum Gasteiger partial charge on any atom is 0.326 e. The third-order valence-corrected chi connectivity index (χ3v) is 6.55. The molecule has 1 amide bonds. The lowest BCUT2D eigenvalue weighted by molar-refractivity contribution is -0.141. The molecule has 0 saturated carbocycles. The summed E-state index contributed by atoms with van der Waals surface area (Å²) in [6.07, 6.45) is 0. The average molecular weight is 485 g/mol. The first-order valence-corrected chi connectivity index (χ1v) is 12.1. The summed E-state index contributed by atoms with van der Waals surface area (Å²) in [5.41, 5.74) is 4.42. The molecule has 0 aliphatic carbocycles. The maximum absolute atomic E-state index is 13.3. The second kappa shape index (κ2) is 10.9. The van der Waals surface area contributed by atoms with Crippen molar-refractivity contribution >= 4 is 40.4 Å². The van der Waals surface area contributed by atoms with E-state index in [0.29, 0.717) is 22.6 Å². The molecule has 0 aliphatic rings. The Morgan fingerprint density at radius 2 is 1.83 bits per heavy atom. The zero-order valence-corrected chi connectivity index (χ0v) is 20.3. The van der Waals surface area contributed by atoms with Gasteiger partial charge < -0.3 is 9.30 Å². The largest absolute Gasteiger partial charge is 0.465 e. The average Bonchev–Trinajstić information content (AvgIpc) is 3.21. The number of esters is 1. The van der Waals surface area contributed by atoms with E-state index in [1.807, 2.05) is 48.0 Å². The number of amides is 1. The van der Waals surface area contributed by atoms with Gasteiger partial charge in [0.25, 0.3) is 5.91 Å². The van der Waals surface area contributed by atoms with E-state index in [-0.39, 0.29) is 19.1 Å². The minimum Gasteiger partial charge on any atom is -0.465 e. The minimum absolute atomic E-state index is 0.194. The standard InChI is InChI=1S/C27H24N4O3S/c1-3-34-25(32)17-31(26(33)21-7-5-4-6-8-21)22-13-14-24-23(15-22)29-27(30(24)2)35-18-20-11-9-19(16-28)10-12-20/h4-15H,3,17-18H2,1-2H3. The number of ether oxygens (including phenoxy) is 1. The summed E-state index contributed by atoms with van der Waals surface area (Å²) in [5, 5.41) is 9.80. The molecular formula is C27H24N4O3S. The first kappa shape index (κ1) is 24.0. The third-order valence-electron chi connectivity index (χ3n) is 5.44. The molecule has 7 nitrogen and oxygen atoms in total. The summed E-state index contributed by atoms with van der Waals surface area (Å²) in [6, 6.07) is 24.0. The van der Waals surface area contributed by atoms with Crippen LogP contribution in [0.4, 0.5) is 5.69 Å². The summed E-state index contributed by atoms with van der Waals surface area (Å²) in [4.78, 5) is 31.7. The number of hydrogen-bond donors (Lipinski definition) is 0. The van der Waals surface area contributed by atoms with E-state index in [1.165, 1.54) is 4.90 Å². The molecule has 0 radical (unpaired) electrons. The Morgan fingerprint density at radius 3 is 2.51 bits per heavy atom. The number of imidazole rings is 1. The fourth-order valence-electron chi connectivity index (χ4n) is 3.64. The van der Waals surface area contributed by atoms with Gasteiger partial charge in [0, 0.05) is 24.1 Å². The molecule has 4 rings (SSSR count). The molecule has 1 heterocycles. The van der Waals surface area contributed by atoms with Gasteiger partial charge in [-0.15, -0.1) is 0 Å².